The average molecular weight is 297 g/mol. The fourth-order valence-electron chi connectivity index (χ4n) is 4.28. The lowest BCUT2D eigenvalue weighted by molar-refractivity contribution is 0.212. The third-order valence-corrected chi connectivity index (χ3v) is 5.84. The topological polar surface area (TPSA) is 30.3 Å². The zero-order valence-electron chi connectivity index (χ0n) is 14.1. The first kappa shape index (κ1) is 15.4. The van der Waals surface area contributed by atoms with Crippen LogP contribution in [0.15, 0.2) is 24.3 Å². The minimum Gasteiger partial charge on any atom is -0.370 e. The van der Waals surface area contributed by atoms with Gasteiger partial charge in [-0.25, -0.2) is 0 Å². The van der Waals surface area contributed by atoms with Gasteiger partial charge in [0.05, 0.1) is 6.07 Å². The van der Waals surface area contributed by atoms with E-state index in [-0.39, 0.29) is 0 Å². The van der Waals surface area contributed by atoms with Crippen molar-refractivity contribution in [1.82, 2.24) is 4.90 Å². The predicted molar refractivity (Wildman–Crippen MR) is 90.9 cm³/mol. The van der Waals surface area contributed by atoms with Crippen molar-refractivity contribution in [2.45, 2.75) is 33.6 Å². The van der Waals surface area contributed by atoms with E-state index in [1.165, 1.54) is 11.3 Å². The molecule has 0 amide bonds. The molecule has 0 radical (unpaired) electrons. The van der Waals surface area contributed by atoms with Gasteiger partial charge in [-0.05, 0) is 32.0 Å². The number of aryl methyl sites for hydroxylation is 1. The second kappa shape index (κ2) is 5.59. The number of rotatable bonds is 4. The molecule has 0 bridgehead atoms. The van der Waals surface area contributed by atoms with Crippen LogP contribution in [-0.4, -0.2) is 37.6 Å². The quantitative estimate of drug-likeness (QED) is 0.797. The molecular formula is C19H27N3. The molecular weight excluding hydrogens is 270 g/mol. The normalized spacial score (nSPS) is 31.3. The second-order valence-corrected chi connectivity index (χ2v) is 7.79. The lowest BCUT2D eigenvalue weighted by Gasteiger charge is -2.30. The van der Waals surface area contributed by atoms with Crippen LogP contribution in [-0.2, 0) is 0 Å². The Morgan fingerprint density at radius 3 is 2.18 bits per heavy atom. The summed E-state index contributed by atoms with van der Waals surface area (Å²) in [5.74, 6) is 0. The number of anilines is 1. The molecule has 2 fully saturated rings. The molecule has 1 aromatic carbocycles. The van der Waals surface area contributed by atoms with Gasteiger partial charge in [-0.15, -0.1) is 0 Å². The third-order valence-electron chi connectivity index (χ3n) is 5.84. The maximum absolute atomic E-state index is 8.71. The second-order valence-electron chi connectivity index (χ2n) is 7.79. The van der Waals surface area contributed by atoms with Crippen LogP contribution < -0.4 is 4.90 Å². The molecule has 0 N–H and O–H groups in total. The number of hydrogen-bond donors (Lipinski definition) is 0. The van der Waals surface area contributed by atoms with E-state index in [1.807, 2.05) is 0 Å². The number of hydrogen-bond acceptors (Lipinski definition) is 3. The SMILES string of the molecule is Cc1ccc(N2C[C@]3(C)CN(CCCC#N)C[C@]3(C)C2)cc1. The maximum Gasteiger partial charge on any atom is 0.0622 e. The molecule has 118 valence electrons. The summed E-state index contributed by atoms with van der Waals surface area (Å²) in [7, 11) is 0. The Balaban J connectivity index is 1.69. The van der Waals surface area contributed by atoms with Crippen LogP contribution in [0.5, 0.6) is 0 Å². The number of likely N-dealkylation sites (tertiary alicyclic amines) is 1. The van der Waals surface area contributed by atoms with Crippen LogP contribution in [0.2, 0.25) is 0 Å². The highest BCUT2D eigenvalue weighted by Crippen LogP contribution is 2.52. The van der Waals surface area contributed by atoms with Crippen molar-refractivity contribution in [3.63, 3.8) is 0 Å². The Hall–Kier alpha value is -1.53. The molecule has 0 saturated carbocycles. The number of benzene rings is 1. The summed E-state index contributed by atoms with van der Waals surface area (Å²) in [6.07, 6.45) is 1.68. The minimum atomic E-state index is 0.352. The van der Waals surface area contributed by atoms with Crippen molar-refractivity contribution >= 4 is 5.69 Å². The van der Waals surface area contributed by atoms with Gasteiger partial charge in [-0.2, -0.15) is 5.26 Å². The molecule has 2 aliphatic heterocycles. The van der Waals surface area contributed by atoms with Gasteiger partial charge in [0.25, 0.3) is 0 Å². The van der Waals surface area contributed by atoms with Crippen LogP contribution in [0.4, 0.5) is 5.69 Å². The summed E-state index contributed by atoms with van der Waals surface area (Å²) in [6.45, 7) is 12.7. The standard InChI is InChI=1S/C19H27N3/c1-16-6-8-17(9-7-16)22-14-18(2)12-21(11-5-4-10-20)13-19(18,3)15-22/h6-9H,4-5,11-15H2,1-3H3/t18-,19+. The van der Waals surface area contributed by atoms with Crippen LogP contribution in [0.25, 0.3) is 0 Å². The largest absolute Gasteiger partial charge is 0.370 e. The molecule has 3 rings (SSSR count). The molecule has 22 heavy (non-hydrogen) atoms. The number of nitrogens with zero attached hydrogens (tertiary/aromatic N) is 3. The fourth-order valence-corrected chi connectivity index (χ4v) is 4.28. The number of nitriles is 1. The summed E-state index contributed by atoms with van der Waals surface area (Å²) in [4.78, 5) is 5.13. The van der Waals surface area contributed by atoms with Crippen molar-refractivity contribution in [2.24, 2.45) is 10.8 Å². The Kier molecular flexibility index (Phi) is 3.91. The predicted octanol–water partition coefficient (Wildman–Crippen LogP) is 3.45. The molecule has 0 aliphatic carbocycles. The van der Waals surface area contributed by atoms with Crippen LogP contribution in [0.1, 0.15) is 32.3 Å². The van der Waals surface area contributed by atoms with Gasteiger partial charge >= 0.3 is 0 Å². The van der Waals surface area contributed by atoms with Crippen molar-refractivity contribution in [3.8, 4) is 6.07 Å². The van der Waals surface area contributed by atoms with Crippen molar-refractivity contribution < 1.29 is 0 Å². The highest BCUT2D eigenvalue weighted by molar-refractivity contribution is 5.50. The first-order valence-corrected chi connectivity index (χ1v) is 8.37. The van der Waals surface area contributed by atoms with Gasteiger partial charge in [0, 0.05) is 49.1 Å². The van der Waals surface area contributed by atoms with E-state index in [1.54, 1.807) is 0 Å². The molecule has 0 spiro atoms. The van der Waals surface area contributed by atoms with E-state index in [0.29, 0.717) is 17.3 Å². The van der Waals surface area contributed by atoms with Gasteiger partial charge in [0.2, 0.25) is 0 Å². The molecule has 0 unspecified atom stereocenters. The van der Waals surface area contributed by atoms with Crippen molar-refractivity contribution in [1.29, 1.82) is 5.26 Å². The summed E-state index contributed by atoms with van der Waals surface area (Å²) in [5.41, 5.74) is 3.39. The van der Waals surface area contributed by atoms with Gasteiger partial charge in [0.1, 0.15) is 0 Å². The Morgan fingerprint density at radius 1 is 1.05 bits per heavy atom. The maximum atomic E-state index is 8.71. The molecule has 0 aromatic heterocycles. The fraction of sp³-hybridized carbons (Fsp3) is 0.632. The molecule has 2 atom stereocenters. The Labute approximate surface area is 134 Å². The summed E-state index contributed by atoms with van der Waals surface area (Å²) < 4.78 is 0. The van der Waals surface area contributed by atoms with Crippen LogP contribution in [0, 0.1) is 29.1 Å². The monoisotopic (exact) mass is 297 g/mol. The van der Waals surface area contributed by atoms with E-state index < -0.39 is 0 Å². The highest BCUT2D eigenvalue weighted by atomic mass is 15.3. The molecule has 2 saturated heterocycles. The van der Waals surface area contributed by atoms with E-state index in [4.69, 9.17) is 5.26 Å². The van der Waals surface area contributed by atoms with Crippen LogP contribution >= 0.6 is 0 Å². The lowest BCUT2D eigenvalue weighted by Crippen LogP contribution is -2.34. The molecule has 3 heteroatoms. The lowest BCUT2D eigenvalue weighted by atomic mass is 9.71. The van der Waals surface area contributed by atoms with Gasteiger partial charge in [-0.1, -0.05) is 31.5 Å². The van der Waals surface area contributed by atoms with E-state index in [0.717, 1.165) is 39.1 Å². The molecule has 1 aromatic rings. The Morgan fingerprint density at radius 2 is 1.64 bits per heavy atom. The molecule has 3 nitrogen and oxygen atoms in total. The van der Waals surface area contributed by atoms with E-state index in [2.05, 4.69) is 60.9 Å². The third kappa shape index (κ3) is 2.61. The van der Waals surface area contributed by atoms with Crippen molar-refractivity contribution in [2.75, 3.05) is 37.6 Å². The van der Waals surface area contributed by atoms with E-state index in [9.17, 15) is 0 Å². The Bertz CT molecular complexity index is 553. The van der Waals surface area contributed by atoms with E-state index >= 15 is 0 Å². The van der Waals surface area contributed by atoms with Gasteiger partial charge < -0.3 is 9.80 Å². The first-order valence-electron chi connectivity index (χ1n) is 8.37. The van der Waals surface area contributed by atoms with Crippen LogP contribution in [0.3, 0.4) is 0 Å². The summed E-state index contributed by atoms with van der Waals surface area (Å²) in [5, 5.41) is 8.71. The van der Waals surface area contributed by atoms with Gasteiger partial charge in [0.15, 0.2) is 0 Å². The highest BCUT2D eigenvalue weighted by Gasteiger charge is 2.57. The first-order chi connectivity index (χ1) is 10.5. The summed E-state index contributed by atoms with van der Waals surface area (Å²) in [6, 6.07) is 11.2. The van der Waals surface area contributed by atoms with Gasteiger partial charge in [-0.3, -0.25) is 0 Å². The number of unbranched alkanes of at least 4 members (excludes halogenated alkanes) is 1. The molecule has 2 heterocycles. The zero-order valence-corrected chi connectivity index (χ0v) is 14.1. The zero-order chi connectivity index (χ0) is 15.8. The average Bonchev–Trinajstić information content (AvgIpc) is 2.84. The molecule has 2 aliphatic rings. The minimum absolute atomic E-state index is 0.352. The number of fused-ring (bicyclic) bond motifs is 1. The smallest absolute Gasteiger partial charge is 0.0622 e. The van der Waals surface area contributed by atoms with Crippen molar-refractivity contribution in [3.05, 3.63) is 29.8 Å². The summed E-state index contributed by atoms with van der Waals surface area (Å²) >= 11 is 0.